The second-order valence-electron chi connectivity index (χ2n) is 4.48. The van der Waals surface area contributed by atoms with Crippen molar-refractivity contribution in [2.24, 2.45) is 5.92 Å². The van der Waals surface area contributed by atoms with E-state index >= 15 is 0 Å². The van der Waals surface area contributed by atoms with E-state index in [1.807, 2.05) is 0 Å². The van der Waals surface area contributed by atoms with Crippen LogP contribution < -0.4 is 15.8 Å². The first-order valence-corrected chi connectivity index (χ1v) is 5.92. The highest BCUT2D eigenvalue weighted by Gasteiger charge is 2.20. The molecule has 0 aromatic heterocycles. The third kappa shape index (κ3) is 3.37. The van der Waals surface area contributed by atoms with Crippen molar-refractivity contribution in [2.45, 2.75) is 19.3 Å². The molecule has 0 bridgehead atoms. The number of hydrogen-bond acceptors (Lipinski definition) is 3. The first kappa shape index (κ1) is 11.8. The van der Waals surface area contributed by atoms with Gasteiger partial charge in [-0.1, -0.05) is 12.8 Å². The summed E-state index contributed by atoms with van der Waals surface area (Å²) in [7, 11) is 1.56. The minimum atomic E-state index is -0.0868. The molecule has 0 spiro atoms. The third-order valence-electron chi connectivity index (χ3n) is 2.96. The molecule has 1 aliphatic rings. The molecule has 0 heterocycles. The van der Waals surface area contributed by atoms with Crippen LogP contribution in [0.1, 0.15) is 29.6 Å². The highest BCUT2D eigenvalue weighted by molar-refractivity contribution is 5.95. The second-order valence-corrected chi connectivity index (χ2v) is 4.48. The summed E-state index contributed by atoms with van der Waals surface area (Å²) in [5.74, 6) is 1.35. The maximum Gasteiger partial charge on any atom is 0.251 e. The molecule has 4 nitrogen and oxygen atoms in total. The molecule has 1 saturated carbocycles. The molecule has 1 amide bonds. The van der Waals surface area contributed by atoms with E-state index in [-0.39, 0.29) is 5.91 Å². The number of rotatable bonds is 5. The van der Waals surface area contributed by atoms with E-state index in [1.54, 1.807) is 25.3 Å². The first-order valence-electron chi connectivity index (χ1n) is 5.92. The van der Waals surface area contributed by atoms with Crippen molar-refractivity contribution in [3.8, 4) is 5.75 Å². The van der Waals surface area contributed by atoms with Crippen LogP contribution in [0.3, 0.4) is 0 Å². The molecule has 17 heavy (non-hydrogen) atoms. The van der Waals surface area contributed by atoms with Gasteiger partial charge in [0.1, 0.15) is 5.75 Å². The van der Waals surface area contributed by atoms with Gasteiger partial charge in [-0.15, -0.1) is 0 Å². The van der Waals surface area contributed by atoms with Crippen LogP contribution in [0.2, 0.25) is 0 Å². The van der Waals surface area contributed by atoms with Crippen molar-refractivity contribution in [3.05, 3.63) is 23.8 Å². The van der Waals surface area contributed by atoms with Gasteiger partial charge >= 0.3 is 0 Å². The Morgan fingerprint density at radius 1 is 1.47 bits per heavy atom. The van der Waals surface area contributed by atoms with Gasteiger partial charge in [-0.3, -0.25) is 4.79 Å². The maximum absolute atomic E-state index is 11.8. The van der Waals surface area contributed by atoms with Crippen LogP contribution in [-0.4, -0.2) is 19.6 Å². The van der Waals surface area contributed by atoms with Gasteiger partial charge in [0.15, 0.2) is 0 Å². The van der Waals surface area contributed by atoms with Gasteiger partial charge in [-0.25, -0.2) is 0 Å². The van der Waals surface area contributed by atoms with Crippen LogP contribution >= 0.6 is 0 Å². The van der Waals surface area contributed by atoms with Gasteiger partial charge in [0, 0.05) is 23.9 Å². The molecule has 2 rings (SSSR count). The lowest BCUT2D eigenvalue weighted by Gasteiger charge is -2.07. The molecule has 3 N–H and O–H groups in total. The van der Waals surface area contributed by atoms with Crippen molar-refractivity contribution in [2.75, 3.05) is 19.4 Å². The highest BCUT2D eigenvalue weighted by atomic mass is 16.5. The van der Waals surface area contributed by atoms with E-state index < -0.39 is 0 Å². The van der Waals surface area contributed by atoms with E-state index in [1.165, 1.54) is 12.8 Å². The third-order valence-corrected chi connectivity index (χ3v) is 2.96. The second kappa shape index (κ2) is 5.08. The number of carbonyl (C=O) groups excluding carboxylic acids is 1. The van der Waals surface area contributed by atoms with Crippen molar-refractivity contribution in [1.82, 2.24) is 5.32 Å². The van der Waals surface area contributed by atoms with Crippen molar-refractivity contribution in [3.63, 3.8) is 0 Å². The molecule has 1 aliphatic carbocycles. The zero-order valence-corrected chi connectivity index (χ0v) is 10.0. The normalized spacial score (nSPS) is 14.4. The number of nitrogens with one attached hydrogen (secondary N) is 1. The fourth-order valence-corrected chi connectivity index (χ4v) is 1.77. The lowest BCUT2D eigenvalue weighted by Crippen LogP contribution is -2.24. The van der Waals surface area contributed by atoms with Gasteiger partial charge in [0.2, 0.25) is 0 Å². The number of nitrogens with two attached hydrogens (primary N) is 1. The molecule has 0 saturated heterocycles. The summed E-state index contributed by atoms with van der Waals surface area (Å²) < 4.78 is 5.08. The molecule has 0 unspecified atom stereocenters. The largest absolute Gasteiger partial charge is 0.497 e. The zero-order chi connectivity index (χ0) is 12.3. The van der Waals surface area contributed by atoms with E-state index in [9.17, 15) is 4.79 Å². The predicted octanol–water partition coefficient (Wildman–Crippen LogP) is 1.81. The molecule has 1 aromatic carbocycles. The lowest BCUT2D eigenvalue weighted by atomic mass is 10.1. The number of ether oxygens (including phenoxy) is 1. The Kier molecular flexibility index (Phi) is 3.52. The topological polar surface area (TPSA) is 64.3 Å². The maximum atomic E-state index is 11.8. The lowest BCUT2D eigenvalue weighted by molar-refractivity contribution is 0.0952. The number of amides is 1. The smallest absolute Gasteiger partial charge is 0.251 e. The van der Waals surface area contributed by atoms with Gasteiger partial charge in [0.05, 0.1) is 7.11 Å². The zero-order valence-electron chi connectivity index (χ0n) is 10.0. The van der Waals surface area contributed by atoms with Crippen molar-refractivity contribution in [1.29, 1.82) is 0 Å². The van der Waals surface area contributed by atoms with Crippen LogP contribution in [0.5, 0.6) is 5.75 Å². The first-order chi connectivity index (χ1) is 8.19. The summed E-state index contributed by atoms with van der Waals surface area (Å²) in [4.78, 5) is 11.8. The van der Waals surface area contributed by atoms with Crippen molar-refractivity contribution >= 4 is 11.6 Å². The minimum Gasteiger partial charge on any atom is -0.497 e. The number of carbonyl (C=O) groups is 1. The van der Waals surface area contributed by atoms with Gasteiger partial charge < -0.3 is 15.8 Å². The average molecular weight is 234 g/mol. The Morgan fingerprint density at radius 2 is 2.24 bits per heavy atom. The average Bonchev–Trinajstić information content (AvgIpc) is 3.12. The molecule has 0 atom stereocenters. The summed E-state index contributed by atoms with van der Waals surface area (Å²) in [6, 6.07) is 5.05. The highest BCUT2D eigenvalue weighted by Crippen LogP contribution is 2.31. The molecule has 0 aliphatic heterocycles. The Bertz CT molecular complexity index is 414. The minimum absolute atomic E-state index is 0.0868. The summed E-state index contributed by atoms with van der Waals surface area (Å²) in [6.45, 7) is 0.737. The summed E-state index contributed by atoms with van der Waals surface area (Å²) in [5, 5.41) is 2.90. The fourth-order valence-electron chi connectivity index (χ4n) is 1.77. The fraction of sp³-hybridized carbons (Fsp3) is 0.462. The molecule has 0 radical (unpaired) electrons. The van der Waals surface area contributed by atoms with Gasteiger partial charge in [-0.2, -0.15) is 0 Å². The van der Waals surface area contributed by atoms with Crippen LogP contribution in [0.4, 0.5) is 5.69 Å². The quantitative estimate of drug-likeness (QED) is 0.764. The Hall–Kier alpha value is -1.71. The van der Waals surface area contributed by atoms with Crippen molar-refractivity contribution < 1.29 is 9.53 Å². The van der Waals surface area contributed by atoms with Crippen LogP contribution in [0, 0.1) is 5.92 Å². The Labute approximate surface area is 101 Å². The summed E-state index contributed by atoms with van der Waals surface area (Å²) in [6.07, 6.45) is 3.69. The van der Waals surface area contributed by atoms with Gasteiger partial charge in [-0.05, 0) is 24.5 Å². The van der Waals surface area contributed by atoms with Crippen LogP contribution in [0.25, 0.3) is 0 Å². The summed E-state index contributed by atoms with van der Waals surface area (Å²) in [5.41, 5.74) is 6.79. The Balaban J connectivity index is 1.94. The molecule has 4 heteroatoms. The number of nitrogen functional groups attached to an aromatic ring is 1. The Morgan fingerprint density at radius 3 is 2.88 bits per heavy atom. The molecular weight excluding hydrogens is 216 g/mol. The van der Waals surface area contributed by atoms with E-state index in [0.29, 0.717) is 17.0 Å². The van der Waals surface area contributed by atoms with E-state index in [2.05, 4.69) is 5.32 Å². The molecule has 1 aromatic rings. The molecule has 1 fully saturated rings. The standard InChI is InChI=1S/C13H18N2O2/c1-17-12-7-10(6-11(14)8-12)13(16)15-5-4-9-2-3-9/h6-9H,2-5,14H2,1H3,(H,15,16). The van der Waals surface area contributed by atoms with Crippen LogP contribution in [-0.2, 0) is 0 Å². The van der Waals surface area contributed by atoms with E-state index in [0.717, 1.165) is 18.9 Å². The molecule has 92 valence electrons. The summed E-state index contributed by atoms with van der Waals surface area (Å²) >= 11 is 0. The molecular formula is C13H18N2O2. The SMILES string of the molecule is COc1cc(N)cc(C(=O)NCCC2CC2)c1. The number of methoxy groups -OCH3 is 1. The van der Waals surface area contributed by atoms with Crippen LogP contribution in [0.15, 0.2) is 18.2 Å². The number of anilines is 1. The number of benzene rings is 1. The number of hydrogen-bond donors (Lipinski definition) is 2. The monoisotopic (exact) mass is 234 g/mol. The van der Waals surface area contributed by atoms with E-state index in [4.69, 9.17) is 10.5 Å². The van der Waals surface area contributed by atoms with Gasteiger partial charge in [0.25, 0.3) is 5.91 Å². The predicted molar refractivity (Wildman–Crippen MR) is 67.1 cm³/mol.